The average molecular weight is 174 g/mol. The minimum Gasteiger partial charge on any atom is -0.386 e. The van der Waals surface area contributed by atoms with Crippen LogP contribution in [0.25, 0.3) is 0 Å². The Morgan fingerprint density at radius 2 is 2.23 bits per heavy atom. The molecule has 0 fully saturated rings. The fourth-order valence-corrected chi connectivity index (χ4v) is 1.16. The van der Waals surface area contributed by atoms with E-state index in [9.17, 15) is 0 Å². The quantitative estimate of drug-likeness (QED) is 0.700. The van der Waals surface area contributed by atoms with Gasteiger partial charge in [0, 0.05) is 13.3 Å². The van der Waals surface area contributed by atoms with Gasteiger partial charge in [0.2, 0.25) is 0 Å². The number of aryl methyl sites for hydroxylation is 1. The third kappa shape index (κ3) is 2.18. The Balaban J connectivity index is 3.14. The van der Waals surface area contributed by atoms with Gasteiger partial charge in [-0.3, -0.25) is 4.99 Å². The minimum atomic E-state index is 0.977. The van der Waals surface area contributed by atoms with Gasteiger partial charge < -0.3 is 5.32 Å². The third-order valence-electron chi connectivity index (χ3n) is 1.82. The molecule has 0 spiro atoms. The van der Waals surface area contributed by atoms with Crippen LogP contribution >= 0.6 is 0 Å². The smallest absolute Gasteiger partial charge is 0.0889 e. The van der Waals surface area contributed by atoms with Crippen LogP contribution in [0.5, 0.6) is 0 Å². The van der Waals surface area contributed by atoms with E-state index in [1.807, 2.05) is 32.2 Å². The van der Waals surface area contributed by atoms with Crippen LogP contribution in [-0.4, -0.2) is 13.3 Å². The number of para-hydroxylation sites is 1. The summed E-state index contributed by atoms with van der Waals surface area (Å²) < 4.78 is 0. The molecule has 13 heavy (non-hydrogen) atoms. The molecular formula is C11H14N2. The average Bonchev–Trinajstić information content (AvgIpc) is 2.15. The van der Waals surface area contributed by atoms with Gasteiger partial charge >= 0.3 is 0 Å². The fraction of sp³-hybridized carbons (Fsp3) is 0.182. The van der Waals surface area contributed by atoms with Crippen LogP contribution in [0.1, 0.15) is 5.56 Å². The number of aliphatic imine (C=N–C) groups is 1. The molecule has 0 heterocycles. The highest BCUT2D eigenvalue weighted by Gasteiger charge is 2.00. The number of allylic oxidation sites excluding steroid dienone is 1. The minimum absolute atomic E-state index is 0.977. The Kier molecular flexibility index (Phi) is 3.26. The number of anilines is 1. The van der Waals surface area contributed by atoms with Gasteiger partial charge in [0.05, 0.1) is 11.4 Å². The molecule has 1 aromatic rings. The summed E-state index contributed by atoms with van der Waals surface area (Å²) in [6.45, 7) is 5.63. The Bertz CT molecular complexity index is 327. The Labute approximate surface area is 79.0 Å². The highest BCUT2D eigenvalue weighted by molar-refractivity contribution is 5.79. The first kappa shape index (κ1) is 9.52. The zero-order valence-electron chi connectivity index (χ0n) is 8.04. The number of nitrogens with zero attached hydrogens (tertiary/aromatic N) is 1. The molecule has 1 aromatic carbocycles. The van der Waals surface area contributed by atoms with Crippen molar-refractivity contribution in [2.45, 2.75) is 6.92 Å². The monoisotopic (exact) mass is 174 g/mol. The number of benzene rings is 1. The largest absolute Gasteiger partial charge is 0.386 e. The second-order valence-corrected chi connectivity index (χ2v) is 2.73. The first-order chi connectivity index (χ1) is 6.29. The van der Waals surface area contributed by atoms with Crippen LogP contribution in [0.4, 0.5) is 11.4 Å². The van der Waals surface area contributed by atoms with Crippen molar-refractivity contribution in [2.75, 3.05) is 12.4 Å². The van der Waals surface area contributed by atoms with Crippen molar-refractivity contribution in [3.8, 4) is 0 Å². The molecule has 0 atom stereocenters. The Morgan fingerprint density at radius 3 is 2.85 bits per heavy atom. The number of hydrogen-bond acceptors (Lipinski definition) is 2. The van der Waals surface area contributed by atoms with Crippen LogP contribution < -0.4 is 5.32 Å². The lowest BCUT2D eigenvalue weighted by Crippen LogP contribution is -1.89. The highest BCUT2D eigenvalue weighted by Crippen LogP contribution is 2.27. The van der Waals surface area contributed by atoms with Crippen molar-refractivity contribution in [3.63, 3.8) is 0 Å². The van der Waals surface area contributed by atoms with E-state index in [1.165, 1.54) is 0 Å². The van der Waals surface area contributed by atoms with Crippen molar-refractivity contribution in [1.82, 2.24) is 0 Å². The van der Waals surface area contributed by atoms with Gasteiger partial charge in [-0.25, -0.2) is 0 Å². The van der Waals surface area contributed by atoms with E-state index in [0.717, 1.165) is 16.9 Å². The lowest BCUT2D eigenvalue weighted by Gasteiger charge is -2.06. The van der Waals surface area contributed by atoms with E-state index < -0.39 is 0 Å². The maximum Gasteiger partial charge on any atom is 0.0889 e. The van der Waals surface area contributed by atoms with Crippen LogP contribution in [0.2, 0.25) is 0 Å². The summed E-state index contributed by atoms with van der Waals surface area (Å²) in [4.78, 5) is 4.29. The molecule has 1 rings (SSSR count). The molecular weight excluding hydrogens is 160 g/mol. The summed E-state index contributed by atoms with van der Waals surface area (Å²) in [5.41, 5.74) is 3.17. The van der Waals surface area contributed by atoms with E-state index in [-0.39, 0.29) is 0 Å². The SMILES string of the molecule is C=C/C=N\c1c(C)cccc1NC. The summed E-state index contributed by atoms with van der Waals surface area (Å²) in [6.07, 6.45) is 3.37. The number of hydrogen-bond donors (Lipinski definition) is 1. The lowest BCUT2D eigenvalue weighted by molar-refractivity contribution is 1.38. The summed E-state index contributed by atoms with van der Waals surface area (Å²) in [7, 11) is 1.89. The first-order valence-corrected chi connectivity index (χ1v) is 4.22. The van der Waals surface area contributed by atoms with E-state index in [1.54, 1.807) is 12.3 Å². The predicted octanol–water partition coefficient (Wildman–Crippen LogP) is 2.93. The standard InChI is InChI=1S/C11H14N2/c1-4-8-13-11-9(2)6-5-7-10(11)12-3/h4-8,12H,1H2,2-3H3/b13-8-. The zero-order valence-corrected chi connectivity index (χ0v) is 8.04. The van der Waals surface area contributed by atoms with Crippen molar-refractivity contribution >= 4 is 17.6 Å². The third-order valence-corrected chi connectivity index (χ3v) is 1.82. The summed E-state index contributed by atoms with van der Waals surface area (Å²) >= 11 is 0. The van der Waals surface area contributed by atoms with Crippen LogP contribution in [0.3, 0.4) is 0 Å². The molecule has 1 N–H and O–H groups in total. The van der Waals surface area contributed by atoms with E-state index in [2.05, 4.69) is 16.9 Å². The van der Waals surface area contributed by atoms with E-state index in [0.29, 0.717) is 0 Å². The van der Waals surface area contributed by atoms with Gasteiger partial charge in [-0.2, -0.15) is 0 Å². The highest BCUT2D eigenvalue weighted by atomic mass is 14.9. The van der Waals surface area contributed by atoms with Crippen molar-refractivity contribution in [3.05, 3.63) is 36.4 Å². The van der Waals surface area contributed by atoms with Gasteiger partial charge in [-0.1, -0.05) is 24.8 Å². The lowest BCUT2D eigenvalue weighted by atomic mass is 10.2. The molecule has 0 aromatic heterocycles. The van der Waals surface area contributed by atoms with Crippen molar-refractivity contribution < 1.29 is 0 Å². The predicted molar refractivity (Wildman–Crippen MR) is 59.1 cm³/mol. The van der Waals surface area contributed by atoms with Gasteiger partial charge in [0.1, 0.15) is 0 Å². The van der Waals surface area contributed by atoms with Gasteiger partial charge in [0.15, 0.2) is 0 Å². The molecule has 0 aliphatic heterocycles. The van der Waals surface area contributed by atoms with E-state index in [4.69, 9.17) is 0 Å². The van der Waals surface area contributed by atoms with Crippen molar-refractivity contribution in [1.29, 1.82) is 0 Å². The molecule has 0 saturated heterocycles. The number of rotatable bonds is 3. The molecule has 0 aliphatic carbocycles. The number of nitrogens with one attached hydrogen (secondary N) is 1. The van der Waals surface area contributed by atoms with Crippen LogP contribution in [0, 0.1) is 6.92 Å². The molecule has 68 valence electrons. The molecule has 0 saturated carbocycles. The maximum absolute atomic E-state index is 4.29. The second-order valence-electron chi connectivity index (χ2n) is 2.73. The Morgan fingerprint density at radius 1 is 1.46 bits per heavy atom. The summed E-state index contributed by atoms with van der Waals surface area (Å²) in [5, 5.41) is 3.10. The summed E-state index contributed by atoms with van der Waals surface area (Å²) in [6, 6.07) is 6.05. The first-order valence-electron chi connectivity index (χ1n) is 4.22. The van der Waals surface area contributed by atoms with Gasteiger partial charge in [-0.05, 0) is 18.6 Å². The van der Waals surface area contributed by atoms with Gasteiger partial charge in [-0.15, -0.1) is 0 Å². The normalized spacial score (nSPS) is 10.3. The topological polar surface area (TPSA) is 24.4 Å². The molecule has 0 radical (unpaired) electrons. The Hall–Kier alpha value is -1.57. The fourth-order valence-electron chi connectivity index (χ4n) is 1.16. The molecule has 0 bridgehead atoms. The molecule has 2 nitrogen and oxygen atoms in total. The molecule has 2 heteroatoms. The molecule has 0 aliphatic rings. The van der Waals surface area contributed by atoms with Crippen LogP contribution in [0.15, 0.2) is 35.8 Å². The second kappa shape index (κ2) is 4.45. The van der Waals surface area contributed by atoms with Crippen LogP contribution in [-0.2, 0) is 0 Å². The zero-order chi connectivity index (χ0) is 9.68. The molecule has 0 amide bonds. The van der Waals surface area contributed by atoms with Gasteiger partial charge in [0.25, 0.3) is 0 Å². The van der Waals surface area contributed by atoms with E-state index >= 15 is 0 Å². The maximum atomic E-state index is 4.29. The van der Waals surface area contributed by atoms with Crippen molar-refractivity contribution in [2.24, 2.45) is 4.99 Å². The summed E-state index contributed by atoms with van der Waals surface area (Å²) in [5.74, 6) is 0. The molecule has 0 unspecified atom stereocenters.